The molecule has 2 aromatic rings. The van der Waals surface area contributed by atoms with Crippen LogP contribution in [0.1, 0.15) is 19.8 Å². The van der Waals surface area contributed by atoms with Gasteiger partial charge < -0.3 is 15.2 Å². The van der Waals surface area contributed by atoms with Crippen LogP contribution in [0.15, 0.2) is 6.33 Å². The monoisotopic (exact) mass is 287 g/mol. The van der Waals surface area contributed by atoms with Crippen molar-refractivity contribution in [2.75, 3.05) is 42.9 Å². The molecule has 2 saturated heterocycles. The first-order valence-corrected chi connectivity index (χ1v) is 7.79. The van der Waals surface area contributed by atoms with Crippen molar-refractivity contribution in [2.45, 2.75) is 25.8 Å². The molecule has 4 heterocycles. The van der Waals surface area contributed by atoms with Crippen LogP contribution in [-0.2, 0) is 0 Å². The van der Waals surface area contributed by atoms with E-state index in [0.29, 0.717) is 12.0 Å². The quantitative estimate of drug-likeness (QED) is 0.880. The van der Waals surface area contributed by atoms with Crippen molar-refractivity contribution in [3.05, 3.63) is 6.33 Å². The average molecular weight is 287 g/mol. The van der Waals surface area contributed by atoms with E-state index in [-0.39, 0.29) is 0 Å². The summed E-state index contributed by atoms with van der Waals surface area (Å²) in [5.74, 6) is 1.65. The maximum atomic E-state index is 4.71. The minimum absolute atomic E-state index is 0.668. The lowest BCUT2D eigenvalue weighted by molar-refractivity contribution is 0.230. The molecule has 112 valence electrons. The van der Waals surface area contributed by atoms with Crippen LogP contribution < -0.4 is 10.2 Å². The van der Waals surface area contributed by atoms with Crippen LogP contribution in [0.3, 0.4) is 0 Å². The van der Waals surface area contributed by atoms with Gasteiger partial charge in [-0.15, -0.1) is 0 Å². The Morgan fingerprint density at radius 2 is 2.29 bits per heavy atom. The van der Waals surface area contributed by atoms with Crippen molar-refractivity contribution in [1.29, 1.82) is 0 Å². The van der Waals surface area contributed by atoms with E-state index in [9.17, 15) is 0 Å². The van der Waals surface area contributed by atoms with E-state index < -0.39 is 0 Å². The van der Waals surface area contributed by atoms with Crippen LogP contribution >= 0.6 is 0 Å². The predicted octanol–water partition coefficient (Wildman–Crippen LogP) is 1.07. The number of imidazole rings is 1. The molecule has 2 aromatic heterocycles. The lowest BCUT2D eigenvalue weighted by Gasteiger charge is -2.38. The summed E-state index contributed by atoms with van der Waals surface area (Å²) in [5.41, 5.74) is 1.69. The molecule has 0 amide bonds. The maximum Gasteiger partial charge on any atom is 0.226 e. The fourth-order valence-corrected chi connectivity index (χ4v) is 3.47. The molecule has 0 bridgehead atoms. The molecule has 2 fully saturated rings. The highest BCUT2D eigenvalue weighted by atomic mass is 15.3. The van der Waals surface area contributed by atoms with Crippen LogP contribution in [0.2, 0.25) is 0 Å². The van der Waals surface area contributed by atoms with Crippen LogP contribution in [0.5, 0.6) is 0 Å². The number of H-pyrrole nitrogens is 1. The second-order valence-electron chi connectivity index (χ2n) is 5.78. The van der Waals surface area contributed by atoms with E-state index in [1.165, 1.54) is 19.4 Å². The summed E-state index contributed by atoms with van der Waals surface area (Å²) in [5, 5.41) is 3.20. The number of hydrogen-bond acceptors (Lipinski definition) is 6. The molecule has 1 unspecified atom stereocenters. The highest BCUT2D eigenvalue weighted by Gasteiger charge is 2.32. The fourth-order valence-electron chi connectivity index (χ4n) is 3.47. The number of aromatic amines is 1. The van der Waals surface area contributed by atoms with Crippen LogP contribution in [0.25, 0.3) is 11.2 Å². The van der Waals surface area contributed by atoms with Crippen molar-refractivity contribution in [2.24, 2.45) is 0 Å². The predicted molar refractivity (Wildman–Crippen MR) is 82.7 cm³/mol. The molecule has 7 nitrogen and oxygen atoms in total. The molecule has 0 aliphatic carbocycles. The molecule has 2 aliphatic heterocycles. The number of rotatable bonds is 3. The van der Waals surface area contributed by atoms with Crippen molar-refractivity contribution < 1.29 is 0 Å². The van der Waals surface area contributed by atoms with Crippen LogP contribution in [0.4, 0.5) is 11.8 Å². The Morgan fingerprint density at radius 1 is 1.33 bits per heavy atom. The Hall–Kier alpha value is -1.89. The van der Waals surface area contributed by atoms with Gasteiger partial charge in [0.2, 0.25) is 5.95 Å². The standard InChI is InChI=1S/C14H21N7/c1-2-15-14-18-12-11(16-9-17-12)13(19-14)21-7-6-20-5-3-4-10(20)8-21/h9-10H,2-8H2,1H3,(H2,15,16,17,18,19). The second-order valence-corrected chi connectivity index (χ2v) is 5.78. The summed E-state index contributed by atoms with van der Waals surface area (Å²) >= 11 is 0. The largest absolute Gasteiger partial charge is 0.354 e. The summed E-state index contributed by atoms with van der Waals surface area (Å²) in [6.07, 6.45) is 4.32. The highest BCUT2D eigenvalue weighted by Crippen LogP contribution is 2.28. The lowest BCUT2D eigenvalue weighted by Crippen LogP contribution is -2.50. The highest BCUT2D eigenvalue weighted by molar-refractivity contribution is 5.84. The van der Waals surface area contributed by atoms with E-state index >= 15 is 0 Å². The smallest absolute Gasteiger partial charge is 0.226 e. The molecular formula is C14H21N7. The van der Waals surface area contributed by atoms with Gasteiger partial charge in [-0.25, -0.2) is 4.98 Å². The number of hydrogen-bond donors (Lipinski definition) is 2. The summed E-state index contributed by atoms with van der Waals surface area (Å²) in [7, 11) is 0. The van der Waals surface area contributed by atoms with Gasteiger partial charge >= 0.3 is 0 Å². The zero-order valence-corrected chi connectivity index (χ0v) is 12.3. The van der Waals surface area contributed by atoms with Crippen molar-refractivity contribution >= 4 is 22.9 Å². The molecule has 2 aliphatic rings. The van der Waals surface area contributed by atoms with Gasteiger partial charge in [-0.1, -0.05) is 0 Å². The third-order valence-corrected chi connectivity index (χ3v) is 4.49. The number of aromatic nitrogens is 4. The van der Waals surface area contributed by atoms with Crippen LogP contribution in [0, 0.1) is 0 Å². The molecule has 2 N–H and O–H groups in total. The minimum Gasteiger partial charge on any atom is -0.354 e. The van der Waals surface area contributed by atoms with Gasteiger partial charge in [0.25, 0.3) is 0 Å². The molecule has 0 saturated carbocycles. The van der Waals surface area contributed by atoms with E-state index in [4.69, 9.17) is 4.98 Å². The van der Waals surface area contributed by atoms with E-state index in [2.05, 4.69) is 37.0 Å². The number of anilines is 2. The Kier molecular flexibility index (Phi) is 3.14. The number of fused-ring (bicyclic) bond motifs is 2. The molecule has 0 spiro atoms. The Balaban J connectivity index is 1.69. The Bertz CT molecular complexity index is 637. The van der Waals surface area contributed by atoms with Crippen molar-refractivity contribution in [3.8, 4) is 0 Å². The topological polar surface area (TPSA) is 73.0 Å². The van der Waals surface area contributed by atoms with Gasteiger partial charge in [0, 0.05) is 32.2 Å². The van der Waals surface area contributed by atoms with E-state index in [0.717, 1.165) is 43.2 Å². The SMILES string of the molecule is CCNc1nc(N2CCN3CCCC3C2)c2[nH]cnc2n1. The minimum atomic E-state index is 0.668. The summed E-state index contributed by atoms with van der Waals surface area (Å²) in [4.78, 5) is 21.6. The summed E-state index contributed by atoms with van der Waals surface area (Å²) in [6.45, 7) is 7.32. The lowest BCUT2D eigenvalue weighted by atomic mass is 10.1. The summed E-state index contributed by atoms with van der Waals surface area (Å²) < 4.78 is 0. The normalized spacial score (nSPS) is 22.7. The first kappa shape index (κ1) is 12.8. The molecule has 4 rings (SSSR count). The zero-order valence-electron chi connectivity index (χ0n) is 12.3. The first-order valence-electron chi connectivity index (χ1n) is 7.79. The van der Waals surface area contributed by atoms with E-state index in [1.54, 1.807) is 6.33 Å². The molecule has 21 heavy (non-hydrogen) atoms. The average Bonchev–Trinajstić information content (AvgIpc) is 3.14. The molecular weight excluding hydrogens is 266 g/mol. The van der Waals surface area contributed by atoms with Gasteiger partial charge in [-0.05, 0) is 26.3 Å². The molecule has 1 atom stereocenters. The van der Waals surface area contributed by atoms with Crippen molar-refractivity contribution in [3.63, 3.8) is 0 Å². The molecule has 0 aromatic carbocycles. The third-order valence-electron chi connectivity index (χ3n) is 4.49. The van der Waals surface area contributed by atoms with Gasteiger partial charge in [0.05, 0.1) is 6.33 Å². The molecule has 7 heteroatoms. The van der Waals surface area contributed by atoms with Gasteiger partial charge in [0.1, 0.15) is 5.52 Å². The summed E-state index contributed by atoms with van der Waals surface area (Å²) in [6, 6.07) is 0.675. The van der Waals surface area contributed by atoms with Crippen molar-refractivity contribution in [1.82, 2.24) is 24.8 Å². The van der Waals surface area contributed by atoms with E-state index in [1.807, 2.05) is 0 Å². The van der Waals surface area contributed by atoms with Crippen LogP contribution in [-0.4, -0.2) is 63.6 Å². The number of nitrogens with one attached hydrogen (secondary N) is 2. The van der Waals surface area contributed by atoms with Gasteiger partial charge in [-0.3, -0.25) is 4.90 Å². The second kappa shape index (κ2) is 5.14. The number of nitrogens with zero attached hydrogens (tertiary/aromatic N) is 5. The van der Waals surface area contributed by atoms with Gasteiger partial charge in [-0.2, -0.15) is 9.97 Å². The number of piperazine rings is 1. The Labute approximate surface area is 123 Å². The third kappa shape index (κ3) is 2.21. The Morgan fingerprint density at radius 3 is 3.19 bits per heavy atom. The zero-order chi connectivity index (χ0) is 14.2. The maximum absolute atomic E-state index is 4.71. The first-order chi connectivity index (χ1) is 10.3. The molecule has 0 radical (unpaired) electrons. The van der Waals surface area contributed by atoms with Gasteiger partial charge in [0.15, 0.2) is 11.5 Å². The fraction of sp³-hybridized carbons (Fsp3) is 0.643.